The summed E-state index contributed by atoms with van der Waals surface area (Å²) in [7, 11) is -1.42. The summed E-state index contributed by atoms with van der Waals surface area (Å²) in [6.07, 6.45) is 9.57. The van der Waals surface area contributed by atoms with E-state index in [0.717, 1.165) is 0 Å². The monoisotopic (exact) mass is 331 g/mol. The quantitative estimate of drug-likeness (QED) is 0.706. The first-order chi connectivity index (χ1) is 11.0. The van der Waals surface area contributed by atoms with Crippen LogP contribution in [0.15, 0.2) is 30.3 Å². The van der Waals surface area contributed by atoms with E-state index in [1.165, 1.54) is 63.6 Å². The minimum absolute atomic E-state index is 0.265. The van der Waals surface area contributed by atoms with Crippen molar-refractivity contribution in [1.82, 2.24) is 4.90 Å². The highest BCUT2D eigenvalue weighted by Gasteiger charge is 2.42. The van der Waals surface area contributed by atoms with Crippen molar-refractivity contribution in [3.8, 4) is 0 Å². The van der Waals surface area contributed by atoms with Gasteiger partial charge in [0.25, 0.3) is 0 Å². The maximum absolute atomic E-state index is 6.42. The van der Waals surface area contributed by atoms with Gasteiger partial charge in [-0.1, -0.05) is 36.8 Å². The standard InChI is InChI=1S/C20H33NOSi/c1-23(2,3)22-19-12-14-20(15-13-19,18-10-6-4-7-11-18)21-16-8-5-9-17-21/h4,6-7,10-11,19H,5,8-9,12-17H2,1-3H3. The number of benzene rings is 1. The molecule has 23 heavy (non-hydrogen) atoms. The van der Waals surface area contributed by atoms with Gasteiger partial charge in [0, 0.05) is 11.6 Å². The molecule has 2 fully saturated rings. The van der Waals surface area contributed by atoms with Gasteiger partial charge in [0.15, 0.2) is 8.32 Å². The number of piperidine rings is 1. The number of nitrogens with zero attached hydrogens (tertiary/aromatic N) is 1. The Hall–Kier alpha value is -0.643. The molecule has 1 aliphatic heterocycles. The van der Waals surface area contributed by atoms with Crippen molar-refractivity contribution in [2.45, 2.75) is 76.2 Å². The van der Waals surface area contributed by atoms with Crippen molar-refractivity contribution in [3.63, 3.8) is 0 Å². The molecule has 3 heteroatoms. The third-order valence-corrected chi connectivity index (χ3v) is 6.59. The van der Waals surface area contributed by atoms with Gasteiger partial charge in [-0.2, -0.15) is 0 Å². The first-order valence-corrected chi connectivity index (χ1v) is 12.9. The second-order valence-electron chi connectivity index (χ2n) is 8.37. The summed E-state index contributed by atoms with van der Waals surface area (Å²) in [5, 5.41) is 0. The topological polar surface area (TPSA) is 12.5 Å². The molecule has 1 saturated heterocycles. The van der Waals surface area contributed by atoms with Crippen LogP contribution in [-0.4, -0.2) is 32.4 Å². The van der Waals surface area contributed by atoms with Crippen LogP contribution < -0.4 is 0 Å². The number of hydrogen-bond donors (Lipinski definition) is 0. The Labute approximate surface area is 143 Å². The fourth-order valence-corrected chi connectivity index (χ4v) is 5.78. The lowest BCUT2D eigenvalue weighted by atomic mass is 9.73. The van der Waals surface area contributed by atoms with Gasteiger partial charge < -0.3 is 4.43 Å². The zero-order valence-electron chi connectivity index (χ0n) is 15.2. The minimum atomic E-state index is -1.42. The van der Waals surface area contributed by atoms with Gasteiger partial charge in [0.1, 0.15) is 0 Å². The highest BCUT2D eigenvalue weighted by atomic mass is 28.4. The maximum atomic E-state index is 6.42. The van der Waals surface area contributed by atoms with Crippen molar-refractivity contribution in [3.05, 3.63) is 35.9 Å². The molecule has 128 valence electrons. The SMILES string of the molecule is C[Si](C)(C)OC1CCC(c2ccccc2)(N2CCCCC2)CC1. The maximum Gasteiger partial charge on any atom is 0.184 e. The lowest BCUT2D eigenvalue weighted by Crippen LogP contribution is -2.52. The smallest absolute Gasteiger partial charge is 0.184 e. The van der Waals surface area contributed by atoms with E-state index in [9.17, 15) is 0 Å². The highest BCUT2D eigenvalue weighted by Crippen LogP contribution is 2.44. The zero-order valence-corrected chi connectivity index (χ0v) is 16.2. The lowest BCUT2D eigenvalue weighted by molar-refractivity contribution is -0.00271. The van der Waals surface area contributed by atoms with E-state index in [2.05, 4.69) is 54.9 Å². The number of rotatable bonds is 4. The molecule has 0 atom stereocenters. The molecule has 0 N–H and O–H groups in total. The van der Waals surface area contributed by atoms with Crippen molar-refractivity contribution in [2.24, 2.45) is 0 Å². The Morgan fingerprint density at radius 3 is 2.13 bits per heavy atom. The summed E-state index contributed by atoms with van der Waals surface area (Å²) < 4.78 is 6.42. The Balaban J connectivity index is 1.78. The van der Waals surface area contributed by atoms with Crippen LogP contribution in [0.2, 0.25) is 19.6 Å². The average molecular weight is 332 g/mol. The van der Waals surface area contributed by atoms with Crippen molar-refractivity contribution >= 4 is 8.32 Å². The summed E-state index contributed by atoms with van der Waals surface area (Å²) in [5.74, 6) is 0. The molecular weight excluding hydrogens is 298 g/mol. The predicted octanol–water partition coefficient (Wildman–Crippen LogP) is 5.16. The van der Waals surface area contributed by atoms with E-state index in [1.54, 1.807) is 0 Å². The number of likely N-dealkylation sites (tertiary alicyclic amines) is 1. The molecule has 2 aliphatic rings. The van der Waals surface area contributed by atoms with E-state index in [-0.39, 0.29) is 5.54 Å². The van der Waals surface area contributed by atoms with Crippen LogP contribution in [-0.2, 0) is 9.96 Å². The van der Waals surface area contributed by atoms with E-state index in [0.29, 0.717) is 6.10 Å². The van der Waals surface area contributed by atoms with Crippen LogP contribution in [0.3, 0.4) is 0 Å². The van der Waals surface area contributed by atoms with Gasteiger partial charge >= 0.3 is 0 Å². The van der Waals surface area contributed by atoms with Crippen molar-refractivity contribution < 1.29 is 4.43 Å². The molecule has 3 rings (SSSR count). The fourth-order valence-electron chi connectivity index (χ4n) is 4.54. The molecule has 1 aromatic carbocycles. The Morgan fingerprint density at radius 1 is 0.957 bits per heavy atom. The molecule has 1 heterocycles. The van der Waals surface area contributed by atoms with Gasteiger partial charge in [0.2, 0.25) is 0 Å². The molecule has 1 aliphatic carbocycles. The molecule has 2 nitrogen and oxygen atoms in total. The van der Waals surface area contributed by atoms with Crippen LogP contribution in [0.25, 0.3) is 0 Å². The minimum Gasteiger partial charge on any atom is -0.415 e. The van der Waals surface area contributed by atoms with Crippen LogP contribution in [0.1, 0.15) is 50.5 Å². The second kappa shape index (κ2) is 7.08. The molecule has 1 saturated carbocycles. The first kappa shape index (κ1) is 17.2. The molecule has 0 bridgehead atoms. The summed E-state index contributed by atoms with van der Waals surface area (Å²) in [5.41, 5.74) is 1.80. The first-order valence-electron chi connectivity index (χ1n) is 9.48. The third-order valence-electron chi connectivity index (χ3n) is 5.55. The molecule has 0 aromatic heterocycles. The summed E-state index contributed by atoms with van der Waals surface area (Å²) in [4.78, 5) is 2.80. The summed E-state index contributed by atoms with van der Waals surface area (Å²) in [6, 6.07) is 11.3. The van der Waals surface area contributed by atoms with Crippen LogP contribution in [0.4, 0.5) is 0 Å². The van der Waals surface area contributed by atoms with Crippen LogP contribution in [0, 0.1) is 0 Å². The van der Waals surface area contributed by atoms with Crippen molar-refractivity contribution in [2.75, 3.05) is 13.1 Å². The summed E-state index contributed by atoms with van der Waals surface area (Å²) in [6.45, 7) is 9.49. The molecule has 1 aromatic rings. The predicted molar refractivity (Wildman–Crippen MR) is 100 cm³/mol. The largest absolute Gasteiger partial charge is 0.415 e. The van der Waals surface area contributed by atoms with Crippen LogP contribution in [0.5, 0.6) is 0 Å². The Morgan fingerprint density at radius 2 is 1.57 bits per heavy atom. The van der Waals surface area contributed by atoms with E-state index < -0.39 is 8.32 Å². The zero-order chi connectivity index (χ0) is 16.3. The van der Waals surface area contributed by atoms with E-state index >= 15 is 0 Å². The average Bonchev–Trinajstić information content (AvgIpc) is 2.56. The summed E-state index contributed by atoms with van der Waals surface area (Å²) >= 11 is 0. The second-order valence-corrected chi connectivity index (χ2v) is 12.8. The van der Waals surface area contributed by atoms with Gasteiger partial charge in [-0.25, -0.2) is 0 Å². The Kier molecular flexibility index (Phi) is 5.29. The fraction of sp³-hybridized carbons (Fsp3) is 0.700. The van der Waals surface area contributed by atoms with E-state index in [4.69, 9.17) is 4.43 Å². The molecule has 0 spiro atoms. The molecule has 0 radical (unpaired) electrons. The van der Waals surface area contributed by atoms with Crippen LogP contribution >= 0.6 is 0 Å². The van der Waals surface area contributed by atoms with Gasteiger partial charge in [-0.15, -0.1) is 0 Å². The van der Waals surface area contributed by atoms with E-state index in [1.807, 2.05) is 0 Å². The van der Waals surface area contributed by atoms with Crippen molar-refractivity contribution in [1.29, 1.82) is 0 Å². The molecule has 0 amide bonds. The molecule has 0 unspecified atom stereocenters. The highest BCUT2D eigenvalue weighted by molar-refractivity contribution is 6.69. The molecular formula is C20H33NOSi. The van der Waals surface area contributed by atoms with Gasteiger partial charge in [0.05, 0.1) is 0 Å². The normalized spacial score (nSPS) is 30.3. The lowest BCUT2D eigenvalue weighted by Gasteiger charge is -2.50. The number of hydrogen-bond acceptors (Lipinski definition) is 2. The van der Waals surface area contributed by atoms with Gasteiger partial charge in [-0.05, 0) is 76.8 Å². The third kappa shape index (κ3) is 4.07. The van der Waals surface area contributed by atoms with Gasteiger partial charge in [-0.3, -0.25) is 4.90 Å². The Bertz CT molecular complexity index is 482.